The molecule has 3 rings (SSSR count). The summed E-state index contributed by atoms with van der Waals surface area (Å²) in [7, 11) is -0.162. The van der Waals surface area contributed by atoms with E-state index in [1.807, 2.05) is 41.9 Å². The van der Waals surface area contributed by atoms with Crippen molar-refractivity contribution in [3.8, 4) is 11.1 Å². The van der Waals surface area contributed by atoms with E-state index in [9.17, 15) is 9.90 Å². The number of halogens is 1. The molecule has 0 spiro atoms. The lowest BCUT2D eigenvalue weighted by atomic mass is 9.95. The molecule has 2 aromatic carbocycles. The van der Waals surface area contributed by atoms with Crippen molar-refractivity contribution in [2.75, 3.05) is 6.61 Å². The van der Waals surface area contributed by atoms with E-state index in [4.69, 9.17) is 16.3 Å². The van der Waals surface area contributed by atoms with Gasteiger partial charge in [-0.25, -0.2) is 0 Å². The van der Waals surface area contributed by atoms with E-state index in [0.29, 0.717) is 5.02 Å². The number of carbonyl (C=O) groups is 1. The maximum Gasteiger partial charge on any atom is 0.311 e. The molecule has 1 heterocycles. The second kappa shape index (κ2) is 7.58. The first-order chi connectivity index (χ1) is 12.7. The van der Waals surface area contributed by atoms with Crippen molar-refractivity contribution in [3.05, 3.63) is 52.5 Å². The summed E-state index contributed by atoms with van der Waals surface area (Å²) in [6, 6.07) is 11.3. The number of aliphatic hydroxyl groups is 1. The third-order valence-corrected chi connectivity index (χ3v) is 6.05. The normalized spacial score (nSPS) is 13.6. The Morgan fingerprint density at radius 3 is 2.52 bits per heavy atom. The van der Waals surface area contributed by atoms with Gasteiger partial charge in [0.05, 0.1) is 5.41 Å². The quantitative estimate of drug-likeness (QED) is 0.463. The lowest BCUT2D eigenvalue weighted by Gasteiger charge is -2.20. The van der Waals surface area contributed by atoms with Crippen molar-refractivity contribution in [2.45, 2.75) is 26.9 Å². The van der Waals surface area contributed by atoms with Gasteiger partial charge in [-0.15, -0.1) is 0 Å². The number of hydrogen-bond donors (Lipinski definition) is 1. The van der Waals surface area contributed by atoms with Crippen LogP contribution in [0.15, 0.2) is 41.9 Å². The highest BCUT2D eigenvalue weighted by Gasteiger charge is 2.27. The van der Waals surface area contributed by atoms with Crippen LogP contribution in [0.1, 0.15) is 32.4 Å². The molecule has 4 nitrogen and oxygen atoms in total. The fourth-order valence-electron chi connectivity index (χ4n) is 2.86. The molecule has 142 valence electrons. The van der Waals surface area contributed by atoms with Crippen molar-refractivity contribution >= 4 is 38.3 Å². The third-order valence-electron chi connectivity index (χ3n) is 4.32. The Morgan fingerprint density at radius 2 is 1.89 bits per heavy atom. The first kappa shape index (κ1) is 19.8. The minimum atomic E-state index is -0.926. The number of aromatic nitrogens is 1. The van der Waals surface area contributed by atoms with Crippen LogP contribution in [0.25, 0.3) is 21.3 Å². The predicted molar refractivity (Wildman–Crippen MR) is 111 cm³/mol. The molecule has 1 N–H and O–H groups in total. The van der Waals surface area contributed by atoms with Crippen molar-refractivity contribution in [3.63, 3.8) is 0 Å². The van der Waals surface area contributed by atoms with Crippen molar-refractivity contribution < 1.29 is 14.6 Å². The Kier molecular flexibility index (Phi) is 5.56. The molecule has 0 saturated carbocycles. The molecule has 0 amide bonds. The van der Waals surface area contributed by atoms with Crippen LogP contribution in [0.3, 0.4) is 0 Å². The molecule has 6 heteroatoms. The van der Waals surface area contributed by atoms with Gasteiger partial charge in [0.2, 0.25) is 10.2 Å². The van der Waals surface area contributed by atoms with Crippen LogP contribution in [0.2, 0.25) is 5.02 Å². The summed E-state index contributed by atoms with van der Waals surface area (Å²) in [4.78, 5) is 16.6. The number of thiazole rings is 1. The van der Waals surface area contributed by atoms with Gasteiger partial charge in [0, 0.05) is 21.1 Å². The van der Waals surface area contributed by atoms with E-state index >= 15 is 0 Å². The zero-order valence-electron chi connectivity index (χ0n) is 15.8. The molecule has 3 aromatic rings. The highest BCUT2D eigenvalue weighted by Crippen LogP contribution is 2.41. The first-order valence-corrected chi connectivity index (χ1v) is 10.7. The lowest BCUT2D eigenvalue weighted by molar-refractivity contribution is -0.156. The maximum atomic E-state index is 12.1. The summed E-state index contributed by atoms with van der Waals surface area (Å²) >= 11 is 6.04. The number of rotatable bonds is 4. The monoisotopic (exact) mass is 404 g/mol. The molecule has 0 aliphatic rings. The molecular weight excluding hydrogens is 382 g/mol. The van der Waals surface area contributed by atoms with Crippen LogP contribution in [0, 0.1) is 5.41 Å². The minimum Gasteiger partial charge on any atom is -0.462 e. The number of fused-ring (bicyclic) bond motifs is 1. The average Bonchev–Trinajstić information content (AvgIpc) is 3.00. The Morgan fingerprint density at radius 1 is 1.22 bits per heavy atom. The lowest BCUT2D eigenvalue weighted by Crippen LogP contribution is -2.25. The van der Waals surface area contributed by atoms with E-state index in [-0.39, 0.29) is 23.0 Å². The number of carbonyl (C=O) groups excluding carboxylic acids is 1. The molecule has 0 radical (unpaired) electrons. The number of ether oxygens (including phenoxy) is 1. The van der Waals surface area contributed by atoms with E-state index in [0.717, 1.165) is 26.9 Å². The number of hydrogen-bond acceptors (Lipinski definition) is 4. The molecule has 1 unspecified atom stereocenters. The van der Waals surface area contributed by atoms with E-state index < -0.39 is 11.5 Å². The second-order valence-corrected chi connectivity index (χ2v) is 9.71. The van der Waals surface area contributed by atoms with Gasteiger partial charge in [-0.3, -0.25) is 4.79 Å². The van der Waals surface area contributed by atoms with Gasteiger partial charge in [0.25, 0.3) is 0 Å². The molecule has 0 aliphatic heterocycles. The Hall–Kier alpha value is -1.95. The van der Waals surface area contributed by atoms with Crippen molar-refractivity contribution in [1.82, 2.24) is 4.98 Å². The third kappa shape index (κ3) is 4.15. The Labute approximate surface area is 166 Å². The summed E-state index contributed by atoms with van der Waals surface area (Å²) in [6.07, 6.45) is 1.18. The highest BCUT2D eigenvalue weighted by atomic mass is 35.5. The predicted octanol–water partition coefficient (Wildman–Crippen LogP) is 5.46. The van der Waals surface area contributed by atoms with E-state index in [2.05, 4.69) is 11.2 Å². The summed E-state index contributed by atoms with van der Waals surface area (Å²) in [5.41, 5.74) is 4.85. The van der Waals surface area contributed by atoms with Crippen molar-refractivity contribution in [1.29, 1.82) is 0 Å². The fraction of sp³-hybridized carbons (Fsp3) is 0.333. The summed E-state index contributed by atoms with van der Waals surface area (Å²) in [5, 5.41) is 11.5. The van der Waals surface area contributed by atoms with Gasteiger partial charge in [-0.05, 0) is 50.1 Å². The molecule has 0 fully saturated rings. The standard InChI is InChI=1S/C21H23ClNO3S/c1-21(2,3)20(25)26-11-17(24)15-9-10-16-19(27(4)12-23-16)18(15)13-5-7-14(22)8-6-13/h5-10,12,17,24H,11H2,1-4H3/q+1/t17-,27?/m1/s1. The maximum absolute atomic E-state index is 12.1. The average molecular weight is 405 g/mol. The van der Waals surface area contributed by atoms with Crippen LogP contribution in [0.4, 0.5) is 0 Å². The van der Waals surface area contributed by atoms with E-state index in [1.165, 1.54) is 0 Å². The van der Waals surface area contributed by atoms with Gasteiger partial charge in [-0.1, -0.05) is 29.8 Å². The zero-order valence-corrected chi connectivity index (χ0v) is 17.4. The minimum absolute atomic E-state index is 0.0895. The van der Waals surface area contributed by atoms with Gasteiger partial charge in [0.1, 0.15) is 24.5 Å². The van der Waals surface area contributed by atoms with Gasteiger partial charge in [0.15, 0.2) is 0 Å². The molecule has 2 atom stereocenters. The van der Waals surface area contributed by atoms with Crippen LogP contribution in [-0.4, -0.2) is 22.7 Å². The van der Waals surface area contributed by atoms with Crippen molar-refractivity contribution in [2.24, 2.45) is 11.7 Å². The fourth-order valence-corrected chi connectivity index (χ4v) is 4.37. The topological polar surface area (TPSA) is 59.4 Å². The number of esters is 1. The van der Waals surface area contributed by atoms with Gasteiger partial charge in [-0.2, -0.15) is 4.98 Å². The number of aryl methyl sites for hydroxylation is 1. The van der Waals surface area contributed by atoms with Crippen LogP contribution >= 0.6 is 22.1 Å². The largest absolute Gasteiger partial charge is 0.462 e. The van der Waals surface area contributed by atoms with Crippen LogP contribution in [0.5, 0.6) is 0 Å². The molecule has 0 aliphatic carbocycles. The SMILES string of the molecule is C[s+]1cnc2ccc([C@H](O)COC(=O)C(C)(C)C)c(-c3ccc(Cl)cc3)c21. The van der Waals surface area contributed by atoms with E-state index in [1.54, 1.807) is 20.8 Å². The Balaban J connectivity index is 2.04. The molecule has 27 heavy (non-hydrogen) atoms. The second-order valence-electron chi connectivity index (χ2n) is 7.54. The summed E-state index contributed by atoms with van der Waals surface area (Å²) in [5.74, 6) is -0.339. The summed E-state index contributed by atoms with van der Waals surface area (Å²) in [6.45, 7) is 5.27. The number of benzene rings is 2. The molecule has 0 saturated heterocycles. The van der Waals surface area contributed by atoms with Crippen LogP contribution in [-0.2, 0) is 15.8 Å². The van der Waals surface area contributed by atoms with Gasteiger partial charge >= 0.3 is 5.97 Å². The molecular formula is C21H23ClNO3S+. The molecule has 0 bridgehead atoms. The number of aliphatic hydroxyl groups excluding tert-OH is 1. The van der Waals surface area contributed by atoms with Crippen LogP contribution < -0.4 is 0 Å². The first-order valence-electron chi connectivity index (χ1n) is 8.65. The highest BCUT2D eigenvalue weighted by molar-refractivity contribution is 7.34. The smallest absolute Gasteiger partial charge is 0.311 e. The van der Waals surface area contributed by atoms with Gasteiger partial charge < -0.3 is 9.84 Å². The Bertz CT molecular complexity index is 973. The summed E-state index contributed by atoms with van der Waals surface area (Å²) < 4.78 is 6.43. The number of nitrogens with zero attached hydrogens (tertiary/aromatic N) is 1. The molecule has 1 aromatic heterocycles. The zero-order chi connectivity index (χ0) is 19.8.